The standard InChI is InChI=1S/C17H15FN2O/c18-12-5-3-4-11(10-12)16-19-15-7-2-1-6-14(15)17(21)20(16)13-8-9-13/h1-7,10,13,16,19H,8-9H2/t16-/m1/s1. The van der Waals surface area contributed by atoms with Crippen molar-refractivity contribution in [3.8, 4) is 0 Å². The number of anilines is 1. The van der Waals surface area contributed by atoms with E-state index >= 15 is 0 Å². The fourth-order valence-corrected chi connectivity index (χ4v) is 2.92. The fourth-order valence-electron chi connectivity index (χ4n) is 2.92. The number of hydrogen-bond acceptors (Lipinski definition) is 2. The molecular weight excluding hydrogens is 267 g/mol. The van der Waals surface area contributed by atoms with E-state index in [4.69, 9.17) is 0 Å². The zero-order valence-electron chi connectivity index (χ0n) is 11.4. The molecule has 1 fully saturated rings. The minimum absolute atomic E-state index is 0.0288. The molecule has 106 valence electrons. The lowest BCUT2D eigenvalue weighted by Crippen LogP contribution is -2.44. The molecule has 4 rings (SSSR count). The van der Waals surface area contributed by atoms with Crippen LogP contribution >= 0.6 is 0 Å². The minimum Gasteiger partial charge on any atom is -0.361 e. The summed E-state index contributed by atoms with van der Waals surface area (Å²) >= 11 is 0. The maximum atomic E-state index is 13.5. The van der Waals surface area contributed by atoms with Crippen LogP contribution in [0.25, 0.3) is 0 Å². The van der Waals surface area contributed by atoms with Gasteiger partial charge in [0.1, 0.15) is 12.0 Å². The molecule has 1 N–H and O–H groups in total. The first-order valence-electron chi connectivity index (χ1n) is 7.18. The van der Waals surface area contributed by atoms with E-state index in [0.717, 1.165) is 24.1 Å². The molecule has 1 atom stereocenters. The average Bonchev–Trinajstić information content (AvgIpc) is 3.32. The van der Waals surface area contributed by atoms with Crippen LogP contribution in [0, 0.1) is 5.82 Å². The molecule has 1 amide bonds. The lowest BCUT2D eigenvalue weighted by atomic mass is 10.0. The van der Waals surface area contributed by atoms with Gasteiger partial charge in [0.25, 0.3) is 5.91 Å². The van der Waals surface area contributed by atoms with Crippen molar-refractivity contribution in [1.82, 2.24) is 4.90 Å². The Morgan fingerprint density at radius 3 is 2.67 bits per heavy atom. The van der Waals surface area contributed by atoms with Crippen LogP contribution < -0.4 is 5.32 Å². The molecule has 1 aliphatic carbocycles. The Hall–Kier alpha value is -2.36. The topological polar surface area (TPSA) is 32.3 Å². The molecule has 1 heterocycles. The van der Waals surface area contributed by atoms with E-state index < -0.39 is 0 Å². The van der Waals surface area contributed by atoms with Gasteiger partial charge in [-0.1, -0.05) is 24.3 Å². The van der Waals surface area contributed by atoms with Crippen molar-refractivity contribution >= 4 is 11.6 Å². The normalized spacial score (nSPS) is 20.9. The van der Waals surface area contributed by atoms with E-state index in [1.807, 2.05) is 35.2 Å². The van der Waals surface area contributed by atoms with Gasteiger partial charge >= 0.3 is 0 Å². The van der Waals surface area contributed by atoms with E-state index in [9.17, 15) is 9.18 Å². The van der Waals surface area contributed by atoms with E-state index in [0.29, 0.717) is 5.56 Å². The number of amides is 1. The number of carbonyl (C=O) groups excluding carboxylic acids is 1. The molecule has 1 aliphatic heterocycles. The van der Waals surface area contributed by atoms with Gasteiger partial charge in [0, 0.05) is 11.7 Å². The van der Waals surface area contributed by atoms with Crippen molar-refractivity contribution in [2.75, 3.05) is 5.32 Å². The number of para-hydroxylation sites is 1. The third kappa shape index (κ3) is 2.07. The number of benzene rings is 2. The third-order valence-electron chi connectivity index (χ3n) is 4.07. The highest BCUT2D eigenvalue weighted by Crippen LogP contribution is 2.40. The summed E-state index contributed by atoms with van der Waals surface area (Å²) in [7, 11) is 0. The number of rotatable bonds is 2. The van der Waals surface area contributed by atoms with Crippen LogP contribution in [0.2, 0.25) is 0 Å². The molecule has 3 nitrogen and oxygen atoms in total. The number of halogens is 1. The van der Waals surface area contributed by atoms with Crippen molar-refractivity contribution in [2.45, 2.75) is 25.0 Å². The first-order chi connectivity index (χ1) is 10.2. The molecule has 0 bridgehead atoms. The van der Waals surface area contributed by atoms with Crippen LogP contribution in [0.3, 0.4) is 0 Å². The lowest BCUT2D eigenvalue weighted by Gasteiger charge is -2.38. The zero-order chi connectivity index (χ0) is 14.4. The highest BCUT2D eigenvalue weighted by Gasteiger charge is 2.41. The molecule has 4 heteroatoms. The molecule has 0 saturated heterocycles. The van der Waals surface area contributed by atoms with Crippen molar-refractivity contribution in [3.05, 3.63) is 65.5 Å². The van der Waals surface area contributed by atoms with Crippen LogP contribution in [0.15, 0.2) is 48.5 Å². The average molecular weight is 282 g/mol. The second kappa shape index (κ2) is 4.58. The molecular formula is C17H15FN2O. The zero-order valence-corrected chi connectivity index (χ0v) is 11.4. The number of carbonyl (C=O) groups is 1. The van der Waals surface area contributed by atoms with Crippen LogP contribution in [-0.4, -0.2) is 16.8 Å². The van der Waals surface area contributed by atoms with Gasteiger partial charge in [-0.25, -0.2) is 4.39 Å². The fraction of sp³-hybridized carbons (Fsp3) is 0.235. The molecule has 2 aliphatic rings. The van der Waals surface area contributed by atoms with Gasteiger partial charge in [0.05, 0.1) is 5.56 Å². The van der Waals surface area contributed by atoms with Crippen LogP contribution in [0.4, 0.5) is 10.1 Å². The lowest BCUT2D eigenvalue weighted by molar-refractivity contribution is 0.0666. The van der Waals surface area contributed by atoms with Gasteiger partial charge in [0.2, 0.25) is 0 Å². The summed E-state index contributed by atoms with van der Waals surface area (Å²) in [6.07, 6.45) is 1.73. The number of fused-ring (bicyclic) bond motifs is 1. The van der Waals surface area contributed by atoms with Crippen molar-refractivity contribution in [1.29, 1.82) is 0 Å². The summed E-state index contributed by atoms with van der Waals surface area (Å²) < 4.78 is 13.5. The van der Waals surface area contributed by atoms with E-state index in [2.05, 4.69) is 5.32 Å². The monoisotopic (exact) mass is 282 g/mol. The first-order valence-corrected chi connectivity index (χ1v) is 7.18. The summed E-state index contributed by atoms with van der Waals surface area (Å²) in [5, 5.41) is 3.38. The van der Waals surface area contributed by atoms with Crippen molar-refractivity contribution in [3.63, 3.8) is 0 Å². The van der Waals surface area contributed by atoms with Gasteiger partial charge in [-0.05, 0) is 42.7 Å². The molecule has 2 aromatic carbocycles. The molecule has 0 spiro atoms. The first kappa shape index (κ1) is 12.4. The van der Waals surface area contributed by atoms with E-state index in [1.165, 1.54) is 12.1 Å². The number of nitrogens with zero attached hydrogens (tertiary/aromatic N) is 1. The van der Waals surface area contributed by atoms with Gasteiger partial charge < -0.3 is 10.2 Å². The maximum Gasteiger partial charge on any atom is 0.258 e. The summed E-state index contributed by atoms with van der Waals surface area (Å²) in [5.41, 5.74) is 2.29. The highest BCUT2D eigenvalue weighted by atomic mass is 19.1. The largest absolute Gasteiger partial charge is 0.361 e. The molecule has 0 aromatic heterocycles. The summed E-state index contributed by atoms with van der Waals surface area (Å²) in [5.74, 6) is -0.252. The van der Waals surface area contributed by atoms with Gasteiger partial charge in [-0.3, -0.25) is 4.79 Å². The Morgan fingerprint density at radius 2 is 1.90 bits per heavy atom. The molecule has 21 heavy (non-hydrogen) atoms. The van der Waals surface area contributed by atoms with Crippen molar-refractivity contribution in [2.24, 2.45) is 0 Å². The van der Waals surface area contributed by atoms with Crippen LogP contribution in [0.5, 0.6) is 0 Å². The summed E-state index contributed by atoms with van der Waals surface area (Å²) in [6.45, 7) is 0. The van der Waals surface area contributed by atoms with E-state index in [-0.39, 0.29) is 23.9 Å². The van der Waals surface area contributed by atoms with Crippen LogP contribution in [-0.2, 0) is 0 Å². The number of nitrogens with one attached hydrogen (secondary N) is 1. The predicted molar refractivity (Wildman–Crippen MR) is 78.4 cm³/mol. The second-order valence-electron chi connectivity index (χ2n) is 5.59. The van der Waals surface area contributed by atoms with Gasteiger partial charge in [-0.15, -0.1) is 0 Å². The molecule has 0 radical (unpaired) electrons. The maximum absolute atomic E-state index is 13.5. The Labute approximate surface area is 122 Å². The smallest absolute Gasteiger partial charge is 0.258 e. The highest BCUT2D eigenvalue weighted by molar-refractivity contribution is 6.02. The van der Waals surface area contributed by atoms with Gasteiger partial charge in [-0.2, -0.15) is 0 Å². The van der Waals surface area contributed by atoms with Crippen molar-refractivity contribution < 1.29 is 9.18 Å². The Bertz CT molecular complexity index is 711. The van der Waals surface area contributed by atoms with Gasteiger partial charge in [0.15, 0.2) is 0 Å². The minimum atomic E-state index is -0.296. The third-order valence-corrected chi connectivity index (χ3v) is 4.07. The molecule has 2 aromatic rings. The van der Waals surface area contributed by atoms with Crippen LogP contribution in [0.1, 0.15) is 34.9 Å². The number of hydrogen-bond donors (Lipinski definition) is 1. The summed E-state index contributed by atoms with van der Waals surface area (Å²) in [4.78, 5) is 14.6. The quantitative estimate of drug-likeness (QED) is 0.913. The summed E-state index contributed by atoms with van der Waals surface area (Å²) in [6, 6.07) is 14.2. The Morgan fingerprint density at radius 1 is 1.10 bits per heavy atom. The SMILES string of the molecule is O=C1c2ccccc2N[C@@H](c2cccc(F)c2)N1C1CC1. The van der Waals surface area contributed by atoms with E-state index in [1.54, 1.807) is 6.07 Å². The predicted octanol–water partition coefficient (Wildman–Crippen LogP) is 3.55. The molecule has 0 unspecified atom stereocenters. The molecule has 1 saturated carbocycles. The Kier molecular flexibility index (Phi) is 2.70. The Balaban J connectivity index is 1.80. The second-order valence-corrected chi connectivity index (χ2v) is 5.59.